The molecule has 1 amide bonds. The zero-order valence-corrected chi connectivity index (χ0v) is 18.3. The smallest absolute Gasteiger partial charge is 0.239 e. The SMILES string of the molecule is O=C(Cn1c(-c2ccccc2)cc2ccccc21)NCCCc1nnc2n1CCCCC2. The van der Waals surface area contributed by atoms with Gasteiger partial charge in [0.15, 0.2) is 0 Å². The van der Waals surface area contributed by atoms with Crippen molar-refractivity contribution >= 4 is 16.8 Å². The maximum Gasteiger partial charge on any atom is 0.239 e. The summed E-state index contributed by atoms with van der Waals surface area (Å²) in [4.78, 5) is 12.8. The van der Waals surface area contributed by atoms with Gasteiger partial charge in [0.2, 0.25) is 5.91 Å². The number of fused-ring (bicyclic) bond motifs is 2. The van der Waals surface area contributed by atoms with Crippen LogP contribution in [0.3, 0.4) is 0 Å². The predicted octanol–water partition coefficient (Wildman–Crippen LogP) is 4.38. The van der Waals surface area contributed by atoms with Crippen molar-refractivity contribution in [3.05, 3.63) is 72.3 Å². The zero-order valence-electron chi connectivity index (χ0n) is 18.3. The summed E-state index contributed by atoms with van der Waals surface area (Å²) >= 11 is 0. The molecule has 0 unspecified atom stereocenters. The van der Waals surface area contributed by atoms with Crippen LogP contribution in [-0.2, 0) is 30.7 Å². The van der Waals surface area contributed by atoms with Gasteiger partial charge in [0.25, 0.3) is 0 Å². The Morgan fingerprint density at radius 3 is 2.72 bits per heavy atom. The van der Waals surface area contributed by atoms with Crippen molar-refractivity contribution in [1.82, 2.24) is 24.6 Å². The molecule has 6 nitrogen and oxygen atoms in total. The third-order valence-corrected chi connectivity index (χ3v) is 6.27. The van der Waals surface area contributed by atoms with E-state index in [1.807, 2.05) is 30.3 Å². The lowest BCUT2D eigenvalue weighted by atomic mass is 10.1. The first-order chi connectivity index (χ1) is 15.8. The molecule has 1 aliphatic heterocycles. The summed E-state index contributed by atoms with van der Waals surface area (Å²) in [5.41, 5.74) is 3.25. The quantitative estimate of drug-likeness (QED) is 0.445. The molecule has 2 aromatic carbocycles. The Morgan fingerprint density at radius 2 is 1.81 bits per heavy atom. The number of amides is 1. The lowest BCUT2D eigenvalue weighted by molar-refractivity contribution is -0.121. The number of para-hydroxylation sites is 1. The van der Waals surface area contributed by atoms with Crippen LogP contribution in [0.5, 0.6) is 0 Å². The van der Waals surface area contributed by atoms with Gasteiger partial charge in [-0.25, -0.2) is 0 Å². The molecular formula is C26H29N5O. The fourth-order valence-corrected chi connectivity index (χ4v) is 4.63. The molecule has 0 fully saturated rings. The van der Waals surface area contributed by atoms with E-state index in [9.17, 15) is 4.79 Å². The molecule has 3 heterocycles. The molecule has 1 N–H and O–H groups in total. The van der Waals surface area contributed by atoms with E-state index in [4.69, 9.17) is 0 Å². The van der Waals surface area contributed by atoms with Gasteiger partial charge in [-0.1, -0.05) is 55.0 Å². The number of aryl methyl sites for hydroxylation is 2. The fourth-order valence-electron chi connectivity index (χ4n) is 4.63. The summed E-state index contributed by atoms with van der Waals surface area (Å²) in [6, 6.07) is 20.6. The van der Waals surface area contributed by atoms with E-state index in [1.165, 1.54) is 19.3 Å². The summed E-state index contributed by atoms with van der Waals surface area (Å²) in [6.07, 6.45) is 6.39. The van der Waals surface area contributed by atoms with Crippen molar-refractivity contribution in [2.75, 3.05) is 6.54 Å². The number of carbonyl (C=O) groups excluding carboxylic acids is 1. The van der Waals surface area contributed by atoms with E-state index < -0.39 is 0 Å². The molecule has 0 saturated heterocycles. The molecule has 0 atom stereocenters. The van der Waals surface area contributed by atoms with Gasteiger partial charge < -0.3 is 14.5 Å². The molecule has 2 aromatic heterocycles. The first-order valence-electron chi connectivity index (χ1n) is 11.6. The molecule has 32 heavy (non-hydrogen) atoms. The van der Waals surface area contributed by atoms with Crippen LogP contribution in [0.15, 0.2) is 60.7 Å². The van der Waals surface area contributed by atoms with Crippen LogP contribution in [-0.4, -0.2) is 31.8 Å². The summed E-state index contributed by atoms with van der Waals surface area (Å²) < 4.78 is 4.39. The summed E-state index contributed by atoms with van der Waals surface area (Å²) in [6.45, 7) is 1.96. The van der Waals surface area contributed by atoms with E-state index in [-0.39, 0.29) is 5.91 Å². The largest absolute Gasteiger partial charge is 0.355 e. The van der Waals surface area contributed by atoms with Crippen LogP contribution in [0.25, 0.3) is 22.2 Å². The molecule has 0 radical (unpaired) electrons. The fraction of sp³-hybridized carbons (Fsp3) is 0.346. The maximum atomic E-state index is 12.8. The van der Waals surface area contributed by atoms with E-state index in [2.05, 4.69) is 55.0 Å². The van der Waals surface area contributed by atoms with Crippen molar-refractivity contribution in [2.24, 2.45) is 0 Å². The molecule has 1 aliphatic rings. The number of benzene rings is 2. The Morgan fingerprint density at radius 1 is 0.969 bits per heavy atom. The monoisotopic (exact) mass is 427 g/mol. The van der Waals surface area contributed by atoms with E-state index in [1.54, 1.807) is 0 Å². The topological polar surface area (TPSA) is 64.7 Å². The second-order valence-corrected chi connectivity index (χ2v) is 8.49. The predicted molar refractivity (Wildman–Crippen MR) is 126 cm³/mol. The number of hydrogen-bond acceptors (Lipinski definition) is 3. The first kappa shape index (κ1) is 20.5. The third kappa shape index (κ3) is 4.31. The standard InChI is InChI=1S/C26H29N5O/c32-26(27-16-9-15-25-29-28-24-14-5-2-8-17-30(24)25)19-31-22-13-7-6-12-21(22)18-23(31)20-10-3-1-4-11-20/h1,3-4,6-7,10-13,18H,2,5,8-9,14-17,19H2,(H,27,32). The zero-order chi connectivity index (χ0) is 21.8. The highest BCUT2D eigenvalue weighted by molar-refractivity contribution is 5.89. The molecule has 0 bridgehead atoms. The minimum absolute atomic E-state index is 0.0311. The molecular weight excluding hydrogens is 398 g/mol. The lowest BCUT2D eigenvalue weighted by Gasteiger charge is -2.12. The van der Waals surface area contributed by atoms with Crippen LogP contribution in [0.4, 0.5) is 0 Å². The molecule has 4 aromatic rings. The second kappa shape index (κ2) is 9.39. The van der Waals surface area contributed by atoms with Crippen molar-refractivity contribution in [2.45, 2.75) is 51.6 Å². The molecule has 5 rings (SSSR count). The highest BCUT2D eigenvalue weighted by Gasteiger charge is 2.15. The molecule has 6 heteroatoms. The minimum Gasteiger partial charge on any atom is -0.355 e. The summed E-state index contributed by atoms with van der Waals surface area (Å²) in [7, 11) is 0. The van der Waals surface area contributed by atoms with Gasteiger partial charge in [-0.2, -0.15) is 0 Å². The Hall–Kier alpha value is -3.41. The van der Waals surface area contributed by atoms with E-state index in [0.29, 0.717) is 13.1 Å². The van der Waals surface area contributed by atoms with Gasteiger partial charge in [0, 0.05) is 42.5 Å². The van der Waals surface area contributed by atoms with Gasteiger partial charge in [-0.05, 0) is 37.0 Å². The van der Waals surface area contributed by atoms with Crippen LogP contribution in [0, 0.1) is 0 Å². The first-order valence-corrected chi connectivity index (χ1v) is 11.6. The molecule has 0 spiro atoms. The average molecular weight is 428 g/mol. The minimum atomic E-state index is 0.0311. The van der Waals surface area contributed by atoms with Crippen LogP contribution >= 0.6 is 0 Å². The number of carbonyl (C=O) groups is 1. The average Bonchev–Trinajstić information content (AvgIpc) is 3.29. The molecule has 164 valence electrons. The number of hydrogen-bond donors (Lipinski definition) is 1. The molecule has 0 saturated carbocycles. The van der Waals surface area contributed by atoms with Gasteiger partial charge in [0.1, 0.15) is 18.2 Å². The van der Waals surface area contributed by atoms with Crippen LogP contribution < -0.4 is 5.32 Å². The number of nitrogens with zero attached hydrogens (tertiary/aromatic N) is 4. The Bertz CT molecular complexity index is 1210. The Balaban J connectivity index is 1.23. The molecule has 0 aliphatic carbocycles. The third-order valence-electron chi connectivity index (χ3n) is 6.27. The van der Waals surface area contributed by atoms with Gasteiger partial charge in [0.05, 0.1) is 0 Å². The highest BCUT2D eigenvalue weighted by atomic mass is 16.1. The summed E-state index contributed by atoms with van der Waals surface area (Å²) in [5, 5.41) is 13.0. The Kier molecular flexibility index (Phi) is 6.01. The summed E-state index contributed by atoms with van der Waals surface area (Å²) in [5.74, 6) is 2.21. The normalized spacial score (nSPS) is 13.6. The van der Waals surface area contributed by atoms with Crippen LogP contribution in [0.2, 0.25) is 0 Å². The number of rotatable bonds is 7. The van der Waals surface area contributed by atoms with Crippen molar-refractivity contribution in [1.29, 1.82) is 0 Å². The van der Waals surface area contributed by atoms with Crippen LogP contribution in [0.1, 0.15) is 37.3 Å². The number of nitrogens with one attached hydrogen (secondary N) is 1. The van der Waals surface area contributed by atoms with Crippen molar-refractivity contribution < 1.29 is 4.79 Å². The van der Waals surface area contributed by atoms with Crippen molar-refractivity contribution in [3.63, 3.8) is 0 Å². The van der Waals surface area contributed by atoms with Gasteiger partial charge in [-0.15, -0.1) is 10.2 Å². The Labute approximate surface area is 188 Å². The maximum absolute atomic E-state index is 12.8. The second-order valence-electron chi connectivity index (χ2n) is 8.49. The van der Waals surface area contributed by atoms with Gasteiger partial charge >= 0.3 is 0 Å². The lowest BCUT2D eigenvalue weighted by Crippen LogP contribution is -2.29. The van der Waals surface area contributed by atoms with Gasteiger partial charge in [-0.3, -0.25) is 4.79 Å². The number of aromatic nitrogens is 4. The van der Waals surface area contributed by atoms with Crippen molar-refractivity contribution in [3.8, 4) is 11.3 Å². The van der Waals surface area contributed by atoms with E-state index in [0.717, 1.165) is 59.6 Å². The van der Waals surface area contributed by atoms with E-state index >= 15 is 0 Å². The highest BCUT2D eigenvalue weighted by Crippen LogP contribution is 2.28.